The van der Waals surface area contributed by atoms with Crippen LogP contribution in [0.5, 0.6) is 0 Å². The van der Waals surface area contributed by atoms with Gasteiger partial charge in [0, 0.05) is 24.6 Å². The van der Waals surface area contributed by atoms with E-state index in [9.17, 15) is 4.79 Å². The third-order valence-electron chi connectivity index (χ3n) is 4.42. The number of aromatic nitrogens is 4. The third kappa shape index (κ3) is 2.96. The Kier molecular flexibility index (Phi) is 4.09. The van der Waals surface area contributed by atoms with Gasteiger partial charge in [0.05, 0.1) is 5.69 Å². The van der Waals surface area contributed by atoms with Crippen molar-refractivity contribution >= 4 is 39.9 Å². The third-order valence-corrected chi connectivity index (χ3v) is 5.46. The lowest BCUT2D eigenvalue weighted by Crippen LogP contribution is -2.44. The summed E-state index contributed by atoms with van der Waals surface area (Å²) in [4.78, 5) is 21.9. The quantitative estimate of drug-likeness (QED) is 0.705. The fourth-order valence-electron chi connectivity index (χ4n) is 3.23. The van der Waals surface area contributed by atoms with Crippen LogP contribution in [0.2, 0.25) is 5.15 Å². The van der Waals surface area contributed by atoms with Crippen LogP contribution >= 0.6 is 22.9 Å². The molecule has 7 nitrogen and oxygen atoms in total. The zero-order valence-electron chi connectivity index (χ0n) is 13.5. The van der Waals surface area contributed by atoms with Crippen LogP contribution in [0.4, 0.5) is 0 Å². The second-order valence-corrected chi connectivity index (χ2v) is 7.32. The van der Waals surface area contributed by atoms with Crippen molar-refractivity contribution in [2.24, 2.45) is 0 Å². The summed E-state index contributed by atoms with van der Waals surface area (Å²) in [6.07, 6.45) is 8.65. The molecule has 0 saturated heterocycles. The lowest BCUT2D eigenvalue weighted by atomic mass is 9.96. The summed E-state index contributed by atoms with van der Waals surface area (Å²) in [5, 5.41) is 9.38. The first kappa shape index (κ1) is 16.3. The van der Waals surface area contributed by atoms with Gasteiger partial charge in [-0.3, -0.25) is 9.20 Å². The van der Waals surface area contributed by atoms with Gasteiger partial charge in [0.2, 0.25) is 11.8 Å². The second kappa shape index (κ2) is 6.27. The maximum absolute atomic E-state index is 12.5. The molecule has 0 bridgehead atoms. The minimum atomic E-state index is -0.557. The van der Waals surface area contributed by atoms with Crippen LogP contribution in [0.3, 0.4) is 0 Å². The lowest BCUT2D eigenvalue weighted by molar-refractivity contribution is -0.118. The van der Waals surface area contributed by atoms with Crippen molar-refractivity contribution in [1.82, 2.24) is 24.8 Å². The van der Waals surface area contributed by atoms with Gasteiger partial charge in [0.25, 0.3) is 0 Å². The highest BCUT2D eigenvalue weighted by molar-refractivity contribution is 7.15. The van der Waals surface area contributed by atoms with Crippen molar-refractivity contribution in [3.63, 3.8) is 0 Å². The van der Waals surface area contributed by atoms with Crippen LogP contribution in [-0.4, -0.2) is 25.4 Å². The van der Waals surface area contributed by atoms with E-state index >= 15 is 0 Å². The lowest BCUT2D eigenvalue weighted by Gasteiger charge is -2.25. The van der Waals surface area contributed by atoms with Gasteiger partial charge in [0.15, 0.2) is 15.9 Å². The Hall–Kier alpha value is -2.19. The molecule has 0 spiro atoms. The largest absolute Gasteiger partial charge is 0.340 e. The molecule has 3 aromatic rings. The van der Waals surface area contributed by atoms with Gasteiger partial charge < -0.3 is 9.84 Å². The van der Waals surface area contributed by atoms with Crippen LogP contribution in [0.15, 0.2) is 22.2 Å². The SMILES string of the molecule is Cc1nc(C2(NC(=O)/C=C/c3c(Cl)nc4sccn34)CCCC2)no1. The highest BCUT2D eigenvalue weighted by Gasteiger charge is 2.40. The number of amides is 1. The number of rotatable bonds is 4. The summed E-state index contributed by atoms with van der Waals surface area (Å²) < 4.78 is 6.95. The first-order valence-electron chi connectivity index (χ1n) is 7.99. The predicted molar refractivity (Wildman–Crippen MR) is 94.4 cm³/mol. The van der Waals surface area contributed by atoms with Crippen molar-refractivity contribution in [3.05, 3.63) is 40.2 Å². The summed E-state index contributed by atoms with van der Waals surface area (Å²) in [7, 11) is 0. The van der Waals surface area contributed by atoms with E-state index < -0.39 is 5.54 Å². The smallest absolute Gasteiger partial charge is 0.244 e. The van der Waals surface area contributed by atoms with Crippen molar-refractivity contribution in [1.29, 1.82) is 0 Å². The number of nitrogens with one attached hydrogen (secondary N) is 1. The van der Waals surface area contributed by atoms with E-state index in [1.807, 2.05) is 16.0 Å². The Bertz CT molecular complexity index is 951. The molecule has 0 unspecified atom stereocenters. The van der Waals surface area contributed by atoms with E-state index in [1.54, 1.807) is 13.0 Å². The summed E-state index contributed by atoms with van der Waals surface area (Å²) in [5.41, 5.74) is 0.127. The zero-order valence-corrected chi connectivity index (χ0v) is 15.1. The van der Waals surface area contributed by atoms with Crippen LogP contribution in [0, 0.1) is 6.92 Å². The average molecular weight is 378 g/mol. The first-order chi connectivity index (χ1) is 12.1. The minimum Gasteiger partial charge on any atom is -0.340 e. The Labute approximate surface area is 152 Å². The highest BCUT2D eigenvalue weighted by Crippen LogP contribution is 2.37. The average Bonchev–Trinajstić information content (AvgIpc) is 3.31. The Morgan fingerprint density at radius 1 is 1.44 bits per heavy atom. The van der Waals surface area contributed by atoms with E-state index in [2.05, 4.69) is 20.4 Å². The van der Waals surface area contributed by atoms with Gasteiger partial charge in [-0.2, -0.15) is 4.98 Å². The molecule has 1 N–H and O–H groups in total. The molecule has 3 aromatic heterocycles. The summed E-state index contributed by atoms with van der Waals surface area (Å²) in [6.45, 7) is 1.74. The van der Waals surface area contributed by atoms with Gasteiger partial charge in [-0.1, -0.05) is 29.6 Å². The molecule has 0 atom stereocenters. The maximum atomic E-state index is 12.5. The molecule has 0 radical (unpaired) electrons. The molecule has 1 fully saturated rings. The van der Waals surface area contributed by atoms with Crippen molar-refractivity contribution in [3.8, 4) is 0 Å². The number of aryl methyl sites for hydroxylation is 1. The van der Waals surface area contributed by atoms with Crippen LogP contribution in [0.25, 0.3) is 11.0 Å². The molecule has 1 aliphatic rings. The molecule has 25 heavy (non-hydrogen) atoms. The maximum Gasteiger partial charge on any atom is 0.244 e. The van der Waals surface area contributed by atoms with Gasteiger partial charge >= 0.3 is 0 Å². The molecule has 130 valence electrons. The Morgan fingerprint density at radius 2 is 2.24 bits per heavy atom. The van der Waals surface area contributed by atoms with Gasteiger partial charge in [-0.05, 0) is 18.9 Å². The van der Waals surface area contributed by atoms with Crippen LogP contribution in [-0.2, 0) is 10.3 Å². The standard InChI is InChI=1S/C16H16ClN5O2S/c1-10-18-14(21-24-10)16(6-2-3-7-16)20-12(23)5-4-11-13(17)19-15-22(11)8-9-25-15/h4-5,8-9H,2-3,6-7H2,1H3,(H,20,23)/b5-4+. The van der Waals surface area contributed by atoms with Crippen molar-refractivity contribution < 1.29 is 9.32 Å². The minimum absolute atomic E-state index is 0.217. The summed E-state index contributed by atoms with van der Waals surface area (Å²) >= 11 is 7.64. The molecule has 1 amide bonds. The van der Waals surface area contributed by atoms with Crippen LogP contribution in [0.1, 0.15) is 43.1 Å². The zero-order chi connectivity index (χ0) is 17.4. The van der Waals surface area contributed by atoms with E-state index in [1.165, 1.54) is 17.4 Å². The van der Waals surface area contributed by atoms with E-state index in [0.29, 0.717) is 22.6 Å². The normalized spacial score (nSPS) is 16.9. The summed E-state index contributed by atoms with van der Waals surface area (Å²) in [5.74, 6) is 0.828. The van der Waals surface area contributed by atoms with Gasteiger partial charge in [-0.15, -0.1) is 11.3 Å². The molecule has 4 rings (SSSR count). The first-order valence-corrected chi connectivity index (χ1v) is 9.25. The van der Waals surface area contributed by atoms with Crippen molar-refractivity contribution in [2.75, 3.05) is 0 Å². The molecule has 9 heteroatoms. The van der Waals surface area contributed by atoms with Crippen LogP contribution < -0.4 is 5.32 Å². The highest BCUT2D eigenvalue weighted by atomic mass is 35.5. The van der Waals surface area contributed by atoms with Crippen molar-refractivity contribution in [2.45, 2.75) is 38.1 Å². The fourth-order valence-corrected chi connectivity index (χ4v) is 4.24. The number of carbonyl (C=O) groups excluding carboxylic acids is 1. The molecule has 1 aliphatic carbocycles. The Morgan fingerprint density at radius 3 is 2.96 bits per heavy atom. The second-order valence-electron chi connectivity index (χ2n) is 6.09. The molecular formula is C16H16ClN5O2S. The number of halogens is 1. The number of nitrogens with zero attached hydrogens (tertiary/aromatic N) is 4. The number of fused-ring (bicyclic) bond motifs is 1. The predicted octanol–water partition coefficient (Wildman–Crippen LogP) is 3.34. The molecular weight excluding hydrogens is 362 g/mol. The number of thiazole rings is 1. The number of hydrogen-bond acceptors (Lipinski definition) is 6. The molecule has 3 heterocycles. The number of hydrogen-bond donors (Lipinski definition) is 1. The fraction of sp³-hybridized carbons (Fsp3) is 0.375. The number of carbonyl (C=O) groups is 1. The monoisotopic (exact) mass is 377 g/mol. The number of imidazole rings is 1. The molecule has 1 saturated carbocycles. The topological polar surface area (TPSA) is 85.3 Å². The van der Waals surface area contributed by atoms with Gasteiger partial charge in [0.1, 0.15) is 5.54 Å². The molecule has 0 aliphatic heterocycles. The summed E-state index contributed by atoms with van der Waals surface area (Å²) in [6, 6.07) is 0. The van der Waals surface area contributed by atoms with E-state index in [4.69, 9.17) is 16.1 Å². The van der Waals surface area contributed by atoms with E-state index in [0.717, 1.165) is 30.6 Å². The van der Waals surface area contributed by atoms with E-state index in [-0.39, 0.29) is 5.91 Å². The van der Waals surface area contributed by atoms with Gasteiger partial charge in [-0.25, -0.2) is 4.98 Å². The Balaban J connectivity index is 1.56. The molecule has 0 aromatic carbocycles.